The van der Waals surface area contributed by atoms with Crippen LogP contribution >= 0.6 is 0 Å². The summed E-state index contributed by atoms with van der Waals surface area (Å²) in [6, 6.07) is 0. The van der Waals surface area contributed by atoms with Crippen LogP contribution in [0.3, 0.4) is 0 Å². The Bertz CT molecular complexity index is 427. The van der Waals surface area contributed by atoms with Crippen LogP contribution in [0.5, 0.6) is 0 Å². The molecule has 6 nitrogen and oxygen atoms in total. The normalized spacial score (nSPS) is 11.4. The molecule has 1 N–H and O–H groups in total. The van der Waals surface area contributed by atoms with E-state index < -0.39 is 0 Å². The summed E-state index contributed by atoms with van der Waals surface area (Å²) >= 11 is 0. The van der Waals surface area contributed by atoms with Crippen molar-refractivity contribution in [2.45, 2.75) is 33.1 Å². The van der Waals surface area contributed by atoms with Crippen molar-refractivity contribution < 1.29 is 4.52 Å². The van der Waals surface area contributed by atoms with Crippen molar-refractivity contribution in [3.05, 3.63) is 24.4 Å². The summed E-state index contributed by atoms with van der Waals surface area (Å²) in [5, 5.41) is 7.05. The van der Waals surface area contributed by atoms with Gasteiger partial charge in [-0.3, -0.25) is 4.99 Å². The molecule has 0 fully saturated rings. The Hall–Kier alpha value is -1.85. The molecule has 0 aliphatic heterocycles. The van der Waals surface area contributed by atoms with E-state index in [1.165, 1.54) is 0 Å². The van der Waals surface area contributed by atoms with Gasteiger partial charge in [-0.1, -0.05) is 11.2 Å². The van der Waals surface area contributed by atoms with Crippen molar-refractivity contribution in [2.75, 3.05) is 26.7 Å². The van der Waals surface area contributed by atoms with Crippen LogP contribution in [0.4, 0.5) is 0 Å². The van der Waals surface area contributed by atoms with E-state index in [0.717, 1.165) is 31.9 Å². The van der Waals surface area contributed by atoms with Crippen molar-refractivity contribution >= 4 is 5.96 Å². The molecule has 20 heavy (non-hydrogen) atoms. The number of rotatable bonds is 8. The van der Waals surface area contributed by atoms with Crippen molar-refractivity contribution in [3.8, 4) is 0 Å². The number of aromatic nitrogens is 2. The van der Waals surface area contributed by atoms with Crippen LogP contribution in [0.25, 0.3) is 0 Å². The first-order valence-corrected chi connectivity index (χ1v) is 7.07. The molecule has 1 aromatic rings. The Morgan fingerprint density at radius 2 is 2.35 bits per heavy atom. The number of unbranched alkanes of at least 4 members (excludes halogenated alkanes) is 1. The molecule has 1 heterocycles. The topological polar surface area (TPSA) is 66.5 Å². The number of nitrogens with zero attached hydrogens (tertiary/aromatic N) is 4. The number of hydrogen-bond acceptors (Lipinski definition) is 4. The van der Waals surface area contributed by atoms with Gasteiger partial charge in [0.15, 0.2) is 11.8 Å². The van der Waals surface area contributed by atoms with Gasteiger partial charge in [0.05, 0.1) is 6.54 Å². The molecule has 0 saturated heterocycles. The molecular weight excluding hydrogens is 254 g/mol. The lowest BCUT2D eigenvalue weighted by atomic mass is 10.3. The smallest absolute Gasteiger partial charge is 0.228 e. The lowest BCUT2D eigenvalue weighted by Gasteiger charge is -2.21. The van der Waals surface area contributed by atoms with Crippen LogP contribution in [-0.2, 0) is 6.42 Å². The van der Waals surface area contributed by atoms with Crippen molar-refractivity contribution in [1.29, 1.82) is 0 Å². The summed E-state index contributed by atoms with van der Waals surface area (Å²) in [4.78, 5) is 10.9. The Kier molecular flexibility index (Phi) is 7.39. The van der Waals surface area contributed by atoms with Crippen LogP contribution < -0.4 is 5.32 Å². The molecular formula is C14H25N5O. The van der Waals surface area contributed by atoms with Crippen molar-refractivity contribution in [3.63, 3.8) is 0 Å². The standard InChI is InChI=1S/C14H25N5O/c1-5-7-8-11-19(4)14(15-6-2)16-10-9-13-17-12(3)18-20-13/h5H,1,6-11H2,2-4H3,(H,15,16). The summed E-state index contributed by atoms with van der Waals surface area (Å²) in [5.74, 6) is 2.21. The van der Waals surface area contributed by atoms with E-state index >= 15 is 0 Å². The highest BCUT2D eigenvalue weighted by atomic mass is 16.5. The van der Waals surface area contributed by atoms with Gasteiger partial charge >= 0.3 is 0 Å². The lowest BCUT2D eigenvalue weighted by Crippen LogP contribution is -2.39. The summed E-state index contributed by atoms with van der Waals surface area (Å²) < 4.78 is 5.07. The minimum Gasteiger partial charge on any atom is -0.357 e. The van der Waals surface area contributed by atoms with E-state index in [9.17, 15) is 0 Å². The van der Waals surface area contributed by atoms with E-state index in [1.807, 2.05) is 20.0 Å². The molecule has 0 amide bonds. The molecule has 0 aromatic carbocycles. The quantitative estimate of drug-likeness (QED) is 0.340. The molecule has 1 rings (SSSR count). The van der Waals surface area contributed by atoms with E-state index in [1.54, 1.807) is 0 Å². The van der Waals surface area contributed by atoms with E-state index in [0.29, 0.717) is 24.7 Å². The summed E-state index contributed by atoms with van der Waals surface area (Å²) in [6.45, 7) is 10.1. The van der Waals surface area contributed by atoms with Crippen molar-refractivity contribution in [1.82, 2.24) is 20.4 Å². The Morgan fingerprint density at radius 3 is 2.95 bits per heavy atom. The SMILES string of the molecule is C=CCCCN(C)C(=NCCc1nc(C)no1)NCC. The van der Waals surface area contributed by atoms with E-state index in [4.69, 9.17) is 4.52 Å². The molecule has 1 aromatic heterocycles. The zero-order chi connectivity index (χ0) is 14.8. The predicted molar refractivity (Wildman–Crippen MR) is 80.8 cm³/mol. The number of allylic oxidation sites excluding steroid dienone is 1. The third-order valence-corrected chi connectivity index (χ3v) is 2.76. The molecule has 0 radical (unpaired) electrons. The highest BCUT2D eigenvalue weighted by Crippen LogP contribution is 1.98. The predicted octanol–water partition coefficient (Wildman–Crippen LogP) is 1.78. The zero-order valence-corrected chi connectivity index (χ0v) is 12.7. The first-order chi connectivity index (χ1) is 9.67. The highest BCUT2D eigenvalue weighted by molar-refractivity contribution is 5.79. The van der Waals surface area contributed by atoms with Crippen LogP contribution in [0.2, 0.25) is 0 Å². The highest BCUT2D eigenvalue weighted by Gasteiger charge is 2.06. The first kappa shape index (κ1) is 16.2. The van der Waals surface area contributed by atoms with Crippen molar-refractivity contribution in [2.24, 2.45) is 4.99 Å². The zero-order valence-electron chi connectivity index (χ0n) is 12.7. The number of guanidine groups is 1. The molecule has 0 atom stereocenters. The van der Waals surface area contributed by atoms with Crippen LogP contribution in [0.15, 0.2) is 22.2 Å². The monoisotopic (exact) mass is 279 g/mol. The van der Waals surface area contributed by atoms with Gasteiger partial charge in [-0.25, -0.2) is 0 Å². The summed E-state index contributed by atoms with van der Waals surface area (Å²) in [7, 11) is 2.04. The fourth-order valence-electron chi connectivity index (χ4n) is 1.75. The minimum absolute atomic E-state index is 0.635. The molecule has 0 aliphatic rings. The van der Waals surface area contributed by atoms with E-state index in [2.05, 4.69) is 38.9 Å². The van der Waals surface area contributed by atoms with E-state index in [-0.39, 0.29) is 0 Å². The minimum atomic E-state index is 0.635. The maximum absolute atomic E-state index is 5.07. The summed E-state index contributed by atoms with van der Waals surface area (Å²) in [5.41, 5.74) is 0. The molecule has 0 saturated carbocycles. The van der Waals surface area contributed by atoms with Gasteiger partial charge < -0.3 is 14.7 Å². The number of aryl methyl sites for hydroxylation is 1. The molecule has 0 unspecified atom stereocenters. The Balaban J connectivity index is 2.46. The van der Waals surface area contributed by atoms with Gasteiger partial charge in [0, 0.05) is 26.6 Å². The van der Waals surface area contributed by atoms with Crippen LogP contribution in [0, 0.1) is 6.92 Å². The van der Waals surface area contributed by atoms with Gasteiger partial charge in [-0.05, 0) is 26.7 Å². The molecule has 6 heteroatoms. The average molecular weight is 279 g/mol. The third-order valence-electron chi connectivity index (χ3n) is 2.76. The second-order valence-electron chi connectivity index (χ2n) is 4.57. The molecule has 0 aliphatic carbocycles. The van der Waals surface area contributed by atoms with Crippen LogP contribution in [-0.4, -0.2) is 47.7 Å². The third kappa shape index (κ3) is 5.86. The second-order valence-corrected chi connectivity index (χ2v) is 4.57. The molecule has 112 valence electrons. The van der Waals surface area contributed by atoms with Gasteiger partial charge in [0.1, 0.15) is 0 Å². The largest absolute Gasteiger partial charge is 0.357 e. The number of hydrogen-bond donors (Lipinski definition) is 1. The molecule has 0 spiro atoms. The van der Waals surface area contributed by atoms with Gasteiger partial charge in [0.2, 0.25) is 5.89 Å². The first-order valence-electron chi connectivity index (χ1n) is 7.07. The van der Waals surface area contributed by atoms with Gasteiger partial charge in [-0.2, -0.15) is 4.98 Å². The van der Waals surface area contributed by atoms with Gasteiger partial charge in [0.25, 0.3) is 0 Å². The second kappa shape index (κ2) is 9.12. The van der Waals surface area contributed by atoms with Gasteiger partial charge in [-0.15, -0.1) is 6.58 Å². The van der Waals surface area contributed by atoms with Crippen LogP contribution in [0.1, 0.15) is 31.5 Å². The Labute approximate surface area is 121 Å². The maximum atomic E-state index is 5.07. The maximum Gasteiger partial charge on any atom is 0.228 e. The number of nitrogens with one attached hydrogen (secondary N) is 1. The fourth-order valence-corrected chi connectivity index (χ4v) is 1.75. The summed E-state index contributed by atoms with van der Waals surface area (Å²) in [6.07, 6.45) is 4.70. The molecule has 0 bridgehead atoms. The number of aliphatic imine (C=N–C) groups is 1. The fraction of sp³-hybridized carbons (Fsp3) is 0.643. The Morgan fingerprint density at radius 1 is 1.55 bits per heavy atom. The average Bonchev–Trinajstić information content (AvgIpc) is 2.83. The lowest BCUT2D eigenvalue weighted by molar-refractivity contribution is 0.375.